The summed E-state index contributed by atoms with van der Waals surface area (Å²) in [5.74, 6) is 1.46. The van der Waals surface area contributed by atoms with Crippen molar-refractivity contribution < 1.29 is 22.6 Å². The van der Waals surface area contributed by atoms with Gasteiger partial charge in [-0.2, -0.15) is 13.2 Å². The minimum Gasteiger partial charge on any atom is -0.497 e. The van der Waals surface area contributed by atoms with Crippen molar-refractivity contribution in [3.05, 3.63) is 59.2 Å². The maximum absolute atomic E-state index is 13.0. The zero-order chi connectivity index (χ0) is 20.3. The fourth-order valence-corrected chi connectivity index (χ4v) is 2.68. The van der Waals surface area contributed by atoms with Crippen molar-refractivity contribution in [2.45, 2.75) is 6.18 Å². The van der Waals surface area contributed by atoms with Crippen LogP contribution in [-0.4, -0.2) is 24.2 Å². The second-order valence-corrected chi connectivity index (χ2v) is 6.06. The van der Waals surface area contributed by atoms with Gasteiger partial charge in [-0.3, -0.25) is 0 Å². The number of ether oxygens (including phenoxy) is 2. The van der Waals surface area contributed by atoms with Crippen LogP contribution >= 0.6 is 11.6 Å². The van der Waals surface area contributed by atoms with E-state index in [0.717, 1.165) is 12.1 Å². The van der Waals surface area contributed by atoms with Gasteiger partial charge in [0.15, 0.2) is 5.82 Å². The van der Waals surface area contributed by atoms with E-state index < -0.39 is 11.7 Å². The number of hydrogen-bond donors (Lipinski definition) is 1. The second kappa shape index (κ2) is 7.93. The summed E-state index contributed by atoms with van der Waals surface area (Å²) >= 11 is 6.06. The first-order chi connectivity index (χ1) is 13.3. The van der Waals surface area contributed by atoms with E-state index in [1.165, 1.54) is 32.4 Å². The highest BCUT2D eigenvalue weighted by Gasteiger charge is 2.30. The van der Waals surface area contributed by atoms with E-state index in [4.69, 9.17) is 21.1 Å². The van der Waals surface area contributed by atoms with E-state index >= 15 is 0 Å². The molecule has 0 aliphatic rings. The van der Waals surface area contributed by atoms with E-state index in [1.54, 1.807) is 18.2 Å². The van der Waals surface area contributed by atoms with Crippen LogP contribution in [0.2, 0.25) is 5.15 Å². The van der Waals surface area contributed by atoms with Gasteiger partial charge in [0.1, 0.15) is 22.5 Å². The van der Waals surface area contributed by atoms with E-state index in [2.05, 4.69) is 15.3 Å². The smallest absolute Gasteiger partial charge is 0.416 e. The third kappa shape index (κ3) is 4.45. The Labute approximate surface area is 164 Å². The lowest BCUT2D eigenvalue weighted by Gasteiger charge is -2.13. The Morgan fingerprint density at radius 1 is 0.964 bits per heavy atom. The summed E-state index contributed by atoms with van der Waals surface area (Å²) in [7, 11) is 3.03. The summed E-state index contributed by atoms with van der Waals surface area (Å²) < 4.78 is 49.4. The van der Waals surface area contributed by atoms with E-state index in [1.807, 2.05) is 0 Å². The second-order valence-electron chi connectivity index (χ2n) is 5.67. The molecule has 3 rings (SSSR count). The molecule has 0 radical (unpaired) electrons. The Hall–Kier alpha value is -3.00. The summed E-state index contributed by atoms with van der Waals surface area (Å²) in [6, 6.07) is 11.3. The molecule has 1 aromatic heterocycles. The van der Waals surface area contributed by atoms with Gasteiger partial charge in [-0.05, 0) is 24.3 Å². The number of nitrogens with zero attached hydrogens (tertiary/aromatic N) is 2. The van der Waals surface area contributed by atoms with Crippen molar-refractivity contribution in [2.24, 2.45) is 0 Å². The number of hydrogen-bond acceptors (Lipinski definition) is 5. The normalized spacial score (nSPS) is 11.2. The van der Waals surface area contributed by atoms with Crippen molar-refractivity contribution in [3.8, 4) is 22.9 Å². The number of methoxy groups -OCH3 is 2. The molecule has 28 heavy (non-hydrogen) atoms. The lowest BCUT2D eigenvalue weighted by Crippen LogP contribution is -2.05. The SMILES string of the molecule is COc1ccc(OC)c(Nc2cc(Cl)nc(-c3cccc(C(F)(F)F)c3)n2)c1. The fourth-order valence-electron chi connectivity index (χ4n) is 2.50. The molecule has 0 saturated heterocycles. The lowest BCUT2D eigenvalue weighted by molar-refractivity contribution is -0.137. The lowest BCUT2D eigenvalue weighted by atomic mass is 10.1. The molecule has 0 bridgehead atoms. The summed E-state index contributed by atoms with van der Waals surface area (Å²) in [5, 5.41) is 3.11. The van der Waals surface area contributed by atoms with Crippen LogP contribution in [0.25, 0.3) is 11.4 Å². The first-order valence-electron chi connectivity index (χ1n) is 8.01. The highest BCUT2D eigenvalue weighted by molar-refractivity contribution is 6.29. The number of aromatic nitrogens is 2. The van der Waals surface area contributed by atoms with Gasteiger partial charge in [0.25, 0.3) is 0 Å². The third-order valence-electron chi connectivity index (χ3n) is 3.81. The number of nitrogens with one attached hydrogen (secondary N) is 1. The maximum Gasteiger partial charge on any atom is 0.416 e. The van der Waals surface area contributed by atoms with Crippen molar-refractivity contribution in [3.63, 3.8) is 0 Å². The quantitative estimate of drug-likeness (QED) is 0.558. The van der Waals surface area contributed by atoms with Crippen molar-refractivity contribution in [1.29, 1.82) is 0 Å². The molecule has 0 fully saturated rings. The molecule has 0 aliphatic heterocycles. The molecule has 1 N–H and O–H groups in total. The first-order valence-corrected chi connectivity index (χ1v) is 8.39. The average molecular weight is 410 g/mol. The fraction of sp³-hybridized carbons (Fsp3) is 0.158. The van der Waals surface area contributed by atoms with Gasteiger partial charge in [-0.25, -0.2) is 9.97 Å². The molecule has 0 unspecified atom stereocenters. The Balaban J connectivity index is 1.99. The molecule has 5 nitrogen and oxygen atoms in total. The van der Waals surface area contributed by atoms with Gasteiger partial charge < -0.3 is 14.8 Å². The molecule has 1 heterocycles. The Kier molecular flexibility index (Phi) is 5.60. The molecule has 9 heteroatoms. The van der Waals surface area contributed by atoms with Crippen molar-refractivity contribution >= 4 is 23.1 Å². The Bertz CT molecular complexity index is 996. The van der Waals surface area contributed by atoms with Gasteiger partial charge in [0.05, 0.1) is 25.5 Å². The molecule has 0 amide bonds. The molecule has 146 valence electrons. The summed E-state index contributed by atoms with van der Waals surface area (Å²) in [4.78, 5) is 8.32. The van der Waals surface area contributed by atoms with Crippen molar-refractivity contribution in [2.75, 3.05) is 19.5 Å². The summed E-state index contributed by atoms with van der Waals surface area (Å²) in [6.45, 7) is 0. The predicted octanol–water partition coefficient (Wildman–Crippen LogP) is 5.58. The Morgan fingerprint density at radius 2 is 1.75 bits per heavy atom. The number of halogens is 4. The molecule has 2 aromatic carbocycles. The summed E-state index contributed by atoms with van der Waals surface area (Å²) in [5.41, 5.74) is -0.0536. The highest BCUT2D eigenvalue weighted by Crippen LogP contribution is 2.34. The standard InChI is InChI=1S/C19H15ClF3N3O2/c1-27-13-6-7-15(28-2)14(9-13)24-17-10-16(20)25-18(26-17)11-4-3-5-12(8-11)19(21,22)23/h3-10H,1-2H3,(H,24,25,26). The number of anilines is 2. The number of benzene rings is 2. The van der Waals surface area contributed by atoms with Crippen LogP contribution in [0.3, 0.4) is 0 Å². The zero-order valence-electron chi connectivity index (χ0n) is 14.8. The van der Waals surface area contributed by atoms with Gasteiger partial charge in [0.2, 0.25) is 0 Å². The number of alkyl halides is 3. The van der Waals surface area contributed by atoms with Gasteiger partial charge in [0, 0.05) is 17.7 Å². The molecular formula is C19H15ClF3N3O2. The van der Waals surface area contributed by atoms with Gasteiger partial charge in [-0.1, -0.05) is 23.7 Å². The Morgan fingerprint density at radius 3 is 2.43 bits per heavy atom. The van der Waals surface area contributed by atoms with Crippen molar-refractivity contribution in [1.82, 2.24) is 9.97 Å². The van der Waals surface area contributed by atoms with E-state index in [-0.39, 0.29) is 16.5 Å². The van der Waals surface area contributed by atoms with Crippen LogP contribution in [0.1, 0.15) is 5.56 Å². The molecule has 0 aliphatic carbocycles. The van der Waals surface area contributed by atoms with E-state index in [9.17, 15) is 13.2 Å². The van der Waals surface area contributed by atoms with Crippen LogP contribution in [-0.2, 0) is 6.18 Å². The topological polar surface area (TPSA) is 56.3 Å². The van der Waals surface area contributed by atoms with Crippen LogP contribution in [0, 0.1) is 0 Å². The largest absolute Gasteiger partial charge is 0.497 e. The minimum atomic E-state index is -4.47. The highest BCUT2D eigenvalue weighted by atomic mass is 35.5. The van der Waals surface area contributed by atoms with Crippen LogP contribution < -0.4 is 14.8 Å². The average Bonchev–Trinajstić information content (AvgIpc) is 2.67. The third-order valence-corrected chi connectivity index (χ3v) is 4.01. The molecule has 0 saturated carbocycles. The van der Waals surface area contributed by atoms with Crippen LogP contribution in [0.4, 0.5) is 24.7 Å². The molecule has 0 spiro atoms. The zero-order valence-corrected chi connectivity index (χ0v) is 15.6. The molecule has 0 atom stereocenters. The first kappa shape index (κ1) is 19.8. The van der Waals surface area contributed by atoms with Crippen LogP contribution in [0.15, 0.2) is 48.5 Å². The molecule has 3 aromatic rings. The monoisotopic (exact) mass is 409 g/mol. The molecular weight excluding hydrogens is 395 g/mol. The van der Waals surface area contributed by atoms with Gasteiger partial charge in [-0.15, -0.1) is 0 Å². The van der Waals surface area contributed by atoms with Crippen LogP contribution in [0.5, 0.6) is 11.5 Å². The maximum atomic E-state index is 13.0. The van der Waals surface area contributed by atoms with E-state index in [0.29, 0.717) is 23.0 Å². The summed E-state index contributed by atoms with van der Waals surface area (Å²) in [6.07, 6.45) is -4.47. The number of rotatable bonds is 5. The predicted molar refractivity (Wildman–Crippen MR) is 100 cm³/mol. The van der Waals surface area contributed by atoms with Gasteiger partial charge >= 0.3 is 6.18 Å². The minimum absolute atomic E-state index is 0.0583.